The van der Waals surface area contributed by atoms with E-state index in [0.29, 0.717) is 0 Å². The Kier molecular flexibility index (Phi) is 6.13. The Morgan fingerprint density at radius 3 is 2.58 bits per heavy atom. The molecular weight excluding hydrogens is 356 g/mol. The summed E-state index contributed by atoms with van der Waals surface area (Å²) in [5.74, 6) is -0.378. The maximum Gasteiger partial charge on any atom is 0.343 e. The molecule has 0 radical (unpaired) electrons. The molecule has 0 aliphatic carbocycles. The number of rotatable bonds is 7. The molecule has 0 amide bonds. The van der Waals surface area contributed by atoms with E-state index in [2.05, 4.69) is 14.4 Å². The highest BCUT2D eigenvalue weighted by molar-refractivity contribution is 7.89. The minimum Gasteiger partial charge on any atom is -0.480 e. The van der Waals surface area contributed by atoms with Crippen molar-refractivity contribution in [2.75, 3.05) is 13.7 Å². The van der Waals surface area contributed by atoms with Gasteiger partial charge in [-0.15, -0.1) is 0 Å². The Balaban J connectivity index is 2.07. The van der Waals surface area contributed by atoms with E-state index < -0.39 is 16.0 Å². The molecule has 0 aliphatic rings. The average molecular weight is 371 g/mol. The number of carbonyl (C=O) groups excluding carboxylic acids is 1. The van der Waals surface area contributed by atoms with Crippen molar-refractivity contribution in [3.05, 3.63) is 53.3 Å². The molecule has 1 aromatic carbocycles. The molecule has 7 nitrogen and oxygen atoms in total. The number of esters is 1. The van der Waals surface area contributed by atoms with Gasteiger partial charge in [0.05, 0.1) is 17.0 Å². The first-order chi connectivity index (χ1) is 11.4. The van der Waals surface area contributed by atoms with Gasteiger partial charge in [0.25, 0.3) is 0 Å². The van der Waals surface area contributed by atoms with Gasteiger partial charge in [-0.3, -0.25) is 4.98 Å². The van der Waals surface area contributed by atoms with Gasteiger partial charge in [-0.2, -0.15) is 0 Å². The van der Waals surface area contributed by atoms with Crippen LogP contribution in [0.15, 0.2) is 47.6 Å². The van der Waals surface area contributed by atoms with Crippen LogP contribution < -0.4 is 9.46 Å². The molecule has 1 aromatic heterocycles. The highest BCUT2D eigenvalue weighted by Crippen LogP contribution is 2.27. The molecule has 2 rings (SSSR count). The van der Waals surface area contributed by atoms with E-state index in [-0.39, 0.29) is 28.8 Å². The Hall–Kier alpha value is -2.16. The van der Waals surface area contributed by atoms with Crippen molar-refractivity contribution in [2.24, 2.45) is 0 Å². The average Bonchev–Trinajstić information content (AvgIpc) is 2.59. The Morgan fingerprint density at radius 2 is 1.96 bits per heavy atom. The Morgan fingerprint density at radius 1 is 1.25 bits per heavy atom. The highest BCUT2D eigenvalue weighted by Gasteiger charge is 2.16. The number of hydrogen-bond acceptors (Lipinski definition) is 6. The van der Waals surface area contributed by atoms with E-state index in [4.69, 9.17) is 16.3 Å². The smallest absolute Gasteiger partial charge is 0.343 e. The number of aromatic nitrogens is 1. The number of carbonyl (C=O) groups is 1. The van der Waals surface area contributed by atoms with E-state index in [9.17, 15) is 13.2 Å². The molecule has 1 N–H and O–H groups in total. The lowest BCUT2D eigenvalue weighted by molar-refractivity contribution is -0.142. The van der Waals surface area contributed by atoms with Crippen LogP contribution in [0.3, 0.4) is 0 Å². The van der Waals surface area contributed by atoms with Crippen molar-refractivity contribution in [2.45, 2.75) is 11.4 Å². The zero-order chi connectivity index (χ0) is 17.6. The minimum atomic E-state index is -3.74. The van der Waals surface area contributed by atoms with E-state index in [1.54, 1.807) is 24.5 Å². The Labute approximate surface area is 144 Å². The summed E-state index contributed by atoms with van der Waals surface area (Å²) in [6, 6.07) is 7.39. The second kappa shape index (κ2) is 8.09. The molecule has 9 heteroatoms. The van der Waals surface area contributed by atoms with Gasteiger partial charge in [0, 0.05) is 18.9 Å². The highest BCUT2D eigenvalue weighted by atomic mass is 35.5. The van der Waals surface area contributed by atoms with Gasteiger partial charge in [-0.05, 0) is 35.9 Å². The summed E-state index contributed by atoms with van der Waals surface area (Å²) in [5.41, 5.74) is 0.776. The van der Waals surface area contributed by atoms with E-state index >= 15 is 0 Å². The first-order valence-corrected chi connectivity index (χ1v) is 8.66. The fourth-order valence-electron chi connectivity index (χ4n) is 1.72. The third kappa shape index (κ3) is 4.92. The number of benzene rings is 1. The molecule has 0 atom stereocenters. The molecular formula is C15H15ClN2O5S. The summed E-state index contributed by atoms with van der Waals surface area (Å²) in [4.78, 5) is 14.9. The summed E-state index contributed by atoms with van der Waals surface area (Å²) >= 11 is 6.00. The lowest BCUT2D eigenvalue weighted by atomic mass is 10.3. The van der Waals surface area contributed by atoms with Crippen LogP contribution >= 0.6 is 11.6 Å². The van der Waals surface area contributed by atoms with Crippen LogP contribution in [0.2, 0.25) is 5.02 Å². The molecule has 0 aliphatic heterocycles. The standard InChI is InChI=1S/C15H15ClN2O5S/c1-22-15(19)10-23-14-3-2-12(8-13(14)16)24(20,21)18-9-11-4-6-17-7-5-11/h2-8,18H,9-10H2,1H3. The van der Waals surface area contributed by atoms with E-state index in [1.807, 2.05) is 0 Å². The number of hydrogen-bond donors (Lipinski definition) is 1. The van der Waals surface area contributed by atoms with Gasteiger partial charge in [0.1, 0.15) is 5.75 Å². The molecule has 0 saturated carbocycles. The monoisotopic (exact) mass is 370 g/mol. The predicted octanol–water partition coefficient (Wildman–Crippen LogP) is 1.77. The van der Waals surface area contributed by atoms with Crippen molar-refractivity contribution in [3.63, 3.8) is 0 Å². The van der Waals surface area contributed by atoms with Crippen LogP contribution in [-0.2, 0) is 26.1 Å². The van der Waals surface area contributed by atoms with Crippen LogP contribution in [0, 0.1) is 0 Å². The SMILES string of the molecule is COC(=O)COc1ccc(S(=O)(=O)NCc2ccncc2)cc1Cl. The molecule has 2 aromatic rings. The summed E-state index contributed by atoms with van der Waals surface area (Å²) in [5, 5.41) is 0.0747. The molecule has 0 bridgehead atoms. The Bertz CT molecular complexity index is 812. The number of methoxy groups -OCH3 is 1. The van der Waals surface area contributed by atoms with Crippen molar-refractivity contribution < 1.29 is 22.7 Å². The molecule has 0 spiro atoms. The molecule has 0 unspecified atom stereocenters. The molecule has 0 fully saturated rings. The third-order valence-electron chi connectivity index (χ3n) is 3.00. The van der Waals surface area contributed by atoms with Crippen LogP contribution in [-0.4, -0.2) is 33.1 Å². The summed E-state index contributed by atoms with van der Waals surface area (Å²) in [6.07, 6.45) is 3.15. The van der Waals surface area contributed by atoms with Gasteiger partial charge in [-0.25, -0.2) is 17.9 Å². The van der Waals surface area contributed by atoms with Gasteiger partial charge < -0.3 is 9.47 Å². The predicted molar refractivity (Wildman–Crippen MR) is 87.2 cm³/mol. The van der Waals surface area contributed by atoms with Crippen LogP contribution in [0.4, 0.5) is 0 Å². The van der Waals surface area contributed by atoms with Gasteiger partial charge in [-0.1, -0.05) is 11.6 Å². The summed E-state index contributed by atoms with van der Waals surface area (Å²) < 4.78 is 36.6. The summed E-state index contributed by atoms with van der Waals surface area (Å²) in [7, 11) is -2.50. The third-order valence-corrected chi connectivity index (χ3v) is 4.70. The topological polar surface area (TPSA) is 94.6 Å². The van der Waals surface area contributed by atoms with Gasteiger partial charge in [0.15, 0.2) is 6.61 Å². The first kappa shape index (κ1) is 18.2. The van der Waals surface area contributed by atoms with Gasteiger partial charge >= 0.3 is 5.97 Å². The number of nitrogens with zero attached hydrogens (tertiary/aromatic N) is 1. The molecule has 1 heterocycles. The zero-order valence-corrected chi connectivity index (χ0v) is 14.3. The maximum absolute atomic E-state index is 12.3. The normalized spacial score (nSPS) is 11.1. The zero-order valence-electron chi connectivity index (χ0n) is 12.7. The minimum absolute atomic E-state index is 0.00743. The second-order valence-electron chi connectivity index (χ2n) is 4.64. The second-order valence-corrected chi connectivity index (χ2v) is 6.81. The maximum atomic E-state index is 12.3. The fourth-order valence-corrected chi connectivity index (χ4v) is 3.07. The number of ether oxygens (including phenoxy) is 2. The van der Waals surface area contributed by atoms with Crippen LogP contribution in [0.5, 0.6) is 5.75 Å². The molecule has 0 saturated heterocycles. The van der Waals surface area contributed by atoms with Crippen molar-refractivity contribution >= 4 is 27.6 Å². The van der Waals surface area contributed by atoms with Gasteiger partial charge in [0.2, 0.25) is 10.0 Å². The molecule has 24 heavy (non-hydrogen) atoms. The van der Waals surface area contributed by atoms with Crippen molar-refractivity contribution in [1.82, 2.24) is 9.71 Å². The van der Waals surface area contributed by atoms with Crippen molar-refractivity contribution in [3.8, 4) is 5.75 Å². The van der Waals surface area contributed by atoms with E-state index in [1.165, 1.54) is 25.3 Å². The first-order valence-electron chi connectivity index (χ1n) is 6.80. The number of sulfonamides is 1. The molecule has 128 valence electrons. The summed E-state index contributed by atoms with van der Waals surface area (Å²) in [6.45, 7) is -0.189. The quantitative estimate of drug-likeness (QED) is 0.746. The largest absolute Gasteiger partial charge is 0.480 e. The van der Waals surface area contributed by atoms with Crippen LogP contribution in [0.1, 0.15) is 5.56 Å². The van der Waals surface area contributed by atoms with Crippen molar-refractivity contribution in [1.29, 1.82) is 0 Å². The van der Waals surface area contributed by atoms with E-state index in [0.717, 1.165) is 5.56 Å². The number of pyridine rings is 1. The lowest BCUT2D eigenvalue weighted by Crippen LogP contribution is -2.23. The fraction of sp³-hybridized carbons (Fsp3) is 0.200. The van der Waals surface area contributed by atoms with Crippen LogP contribution in [0.25, 0.3) is 0 Å². The number of halogens is 1. The lowest BCUT2D eigenvalue weighted by Gasteiger charge is -2.10. The number of nitrogens with one attached hydrogen (secondary N) is 1.